The summed E-state index contributed by atoms with van der Waals surface area (Å²) in [6, 6.07) is 0. The van der Waals surface area contributed by atoms with E-state index in [1.807, 2.05) is 0 Å². The lowest BCUT2D eigenvalue weighted by molar-refractivity contribution is 0.301. The molecule has 0 aliphatic rings. The van der Waals surface area contributed by atoms with Crippen molar-refractivity contribution in [3.8, 4) is 0 Å². The fraction of sp³-hybridized carbons (Fsp3) is 1.00. The van der Waals surface area contributed by atoms with Gasteiger partial charge in [0.25, 0.3) is 0 Å². The first kappa shape index (κ1) is 25.1. The van der Waals surface area contributed by atoms with Gasteiger partial charge in [0.2, 0.25) is 15.8 Å². The van der Waals surface area contributed by atoms with E-state index in [-0.39, 0.29) is 0 Å². The van der Waals surface area contributed by atoms with E-state index in [1.54, 1.807) is 0 Å². The van der Waals surface area contributed by atoms with Gasteiger partial charge in [0.05, 0.1) is 0 Å². The van der Waals surface area contributed by atoms with Crippen LogP contribution >= 0.6 is 7.49 Å². The van der Waals surface area contributed by atoms with E-state index in [0.717, 1.165) is 0 Å². The molecule has 0 aromatic carbocycles. The maximum atomic E-state index is 6.75. The van der Waals surface area contributed by atoms with E-state index in [0.29, 0.717) is 19.0 Å². The average molecular weight is 430 g/mol. The van der Waals surface area contributed by atoms with Gasteiger partial charge in [-0.05, 0) is 78.6 Å². The van der Waals surface area contributed by atoms with Crippen molar-refractivity contribution in [2.24, 2.45) is 0 Å². The summed E-state index contributed by atoms with van der Waals surface area (Å²) in [5.41, 5.74) is 0. The second-order valence-corrected chi connectivity index (χ2v) is 31.8. The zero-order valence-electron chi connectivity index (χ0n) is 18.2. The van der Waals surface area contributed by atoms with Crippen LogP contribution in [0, 0.1) is 0 Å². The van der Waals surface area contributed by atoms with Gasteiger partial charge in [0, 0.05) is 0 Å². The molecule has 0 aromatic heterocycles. The van der Waals surface area contributed by atoms with Crippen molar-refractivity contribution in [3.63, 3.8) is 0 Å². The van der Waals surface area contributed by atoms with Crippen molar-refractivity contribution in [2.45, 2.75) is 78.6 Å². The molecule has 0 unspecified atom stereocenters. The zero-order valence-corrected chi connectivity index (χ0v) is 23.1. The summed E-state index contributed by atoms with van der Waals surface area (Å²) >= 11 is 0. The minimum absolute atomic E-state index is 0.669. The second kappa shape index (κ2) is 8.88. The molecule has 0 bridgehead atoms. The Labute approximate surface area is 155 Å². The monoisotopic (exact) mass is 429 g/mol. The quantitative estimate of drug-likeness (QED) is 0.289. The summed E-state index contributed by atoms with van der Waals surface area (Å²) in [6.07, 6.45) is 2.01. The number of hydrogen-bond acceptors (Lipinski definition) is 4. The molecule has 0 aliphatic heterocycles. The molecule has 0 atom stereocenters. The van der Waals surface area contributed by atoms with Gasteiger partial charge >= 0.3 is 0 Å². The molecule has 0 spiro atoms. The third-order valence-corrected chi connectivity index (χ3v) is 12.0. The molecule has 0 heterocycles. The normalized spacial score (nSPS) is 15.0. The van der Waals surface area contributed by atoms with Crippen LogP contribution in [-0.2, 0) is 17.5 Å². The lowest BCUT2D eigenvalue weighted by atomic mass is 11.6. The lowest BCUT2D eigenvalue weighted by Crippen LogP contribution is -2.38. The largest absolute Gasteiger partial charge is 0.385 e. The summed E-state index contributed by atoms with van der Waals surface area (Å²) in [5.74, 6) is 0. The average Bonchev–Trinajstić information content (AvgIpc) is 2.26. The molecule has 4 nitrogen and oxygen atoms in total. The van der Waals surface area contributed by atoms with Gasteiger partial charge in [-0.1, -0.05) is 0 Å². The van der Waals surface area contributed by atoms with Crippen molar-refractivity contribution in [1.29, 1.82) is 0 Å². The highest BCUT2D eigenvalue weighted by Gasteiger charge is 2.48. The van der Waals surface area contributed by atoms with Gasteiger partial charge in [-0.25, -0.2) is 0 Å². The first-order chi connectivity index (χ1) is 10.3. The number of hydrogen-bond donors (Lipinski definition) is 0. The van der Waals surface area contributed by atoms with Gasteiger partial charge < -0.3 is 13.3 Å². The molecule has 24 heavy (non-hydrogen) atoms. The smallest absolute Gasteiger partial charge is 0.242 e. The topological polar surface area (TPSA) is 36.9 Å². The van der Waals surface area contributed by atoms with E-state index < -0.39 is 40.8 Å². The predicted molar refractivity (Wildman–Crippen MR) is 119 cm³/mol. The minimum atomic E-state index is -1.91. The maximum Gasteiger partial charge on any atom is 0.242 e. The molecule has 0 fully saturated rings. The van der Waals surface area contributed by atoms with Gasteiger partial charge in [-0.15, -0.1) is 0 Å². The Balaban J connectivity index is 5.44. The van der Waals surface area contributed by atoms with Crippen molar-refractivity contribution >= 4 is 40.8 Å². The third-order valence-electron chi connectivity index (χ3n) is 2.67. The van der Waals surface area contributed by atoms with Crippen LogP contribution in [-0.4, -0.2) is 52.3 Å². The van der Waals surface area contributed by atoms with Crippen LogP contribution in [0.1, 0.15) is 0 Å². The maximum absolute atomic E-state index is 6.75. The van der Waals surface area contributed by atoms with Crippen LogP contribution in [0.25, 0.3) is 0 Å². The molecular formula is C15H42O4PSi4+. The van der Waals surface area contributed by atoms with Gasteiger partial charge in [-0.3, -0.25) is 4.21 Å². The highest BCUT2D eigenvalue weighted by Crippen LogP contribution is 2.62. The Bertz CT molecular complexity index is 335. The van der Waals surface area contributed by atoms with Gasteiger partial charge in [-0.2, -0.15) is 0 Å². The highest BCUT2D eigenvalue weighted by atomic mass is 31.2. The predicted octanol–water partition coefficient (Wildman–Crippen LogP) is 6.20. The van der Waals surface area contributed by atoms with Crippen LogP contribution in [0.2, 0.25) is 78.6 Å². The van der Waals surface area contributed by atoms with Crippen LogP contribution in [0.15, 0.2) is 0 Å². The molecule has 0 aromatic rings. The zero-order chi connectivity index (χ0) is 19.4. The van der Waals surface area contributed by atoms with E-state index in [4.69, 9.17) is 17.5 Å². The Morgan fingerprint density at radius 1 is 0.458 bits per heavy atom. The van der Waals surface area contributed by atoms with Gasteiger partial charge in [0.1, 0.15) is 0 Å². The lowest BCUT2D eigenvalue weighted by Gasteiger charge is -2.35. The Kier molecular flexibility index (Phi) is 9.31. The molecule has 9 heteroatoms. The molecule has 0 amide bonds. The van der Waals surface area contributed by atoms with E-state index in [2.05, 4.69) is 78.6 Å². The molecule has 146 valence electrons. The SMILES string of the molecule is C[Si](C)(C)OC[P+](CO[Si](C)(C)C)(CO[Si](C)(C)C)O[Si](C)(C)C. The summed E-state index contributed by atoms with van der Waals surface area (Å²) in [7, 11) is -8.49. The molecule has 0 aliphatic carbocycles. The van der Waals surface area contributed by atoms with Crippen LogP contribution < -0.4 is 0 Å². The Hall–Kier alpha value is 1.14. The molecule has 0 rings (SSSR count). The van der Waals surface area contributed by atoms with Crippen LogP contribution in [0.5, 0.6) is 0 Å². The van der Waals surface area contributed by atoms with Crippen LogP contribution in [0.3, 0.4) is 0 Å². The molecule has 0 N–H and O–H groups in total. The van der Waals surface area contributed by atoms with E-state index in [1.165, 1.54) is 0 Å². The second-order valence-electron chi connectivity index (χ2n) is 10.4. The van der Waals surface area contributed by atoms with Crippen molar-refractivity contribution < 1.29 is 17.5 Å². The molecule has 0 radical (unpaired) electrons. The van der Waals surface area contributed by atoms with Crippen molar-refractivity contribution in [3.05, 3.63) is 0 Å². The summed E-state index contributed by atoms with van der Waals surface area (Å²) in [5, 5.41) is 0. The third kappa shape index (κ3) is 14.3. The molecule has 0 saturated heterocycles. The fourth-order valence-corrected chi connectivity index (χ4v) is 14.7. The molecule has 0 saturated carbocycles. The first-order valence-corrected chi connectivity index (χ1v) is 24.7. The summed E-state index contributed by atoms with van der Waals surface area (Å²) in [4.78, 5) is 0. The molecular weight excluding hydrogens is 387 g/mol. The summed E-state index contributed by atoms with van der Waals surface area (Å²) < 4.78 is 25.7. The fourth-order valence-electron chi connectivity index (χ4n) is 1.71. The summed E-state index contributed by atoms with van der Waals surface area (Å²) in [6.45, 7) is 26.8. The van der Waals surface area contributed by atoms with E-state index >= 15 is 0 Å². The van der Waals surface area contributed by atoms with E-state index in [9.17, 15) is 0 Å². The van der Waals surface area contributed by atoms with Crippen molar-refractivity contribution in [1.82, 2.24) is 0 Å². The number of rotatable bonds is 11. The first-order valence-electron chi connectivity index (χ1n) is 8.81. The van der Waals surface area contributed by atoms with Gasteiger partial charge in [0.15, 0.2) is 44.0 Å². The van der Waals surface area contributed by atoms with Crippen molar-refractivity contribution in [2.75, 3.05) is 19.0 Å². The highest BCUT2D eigenvalue weighted by molar-refractivity contribution is 7.72. The Morgan fingerprint density at radius 2 is 0.708 bits per heavy atom. The standard InChI is InChI=1S/C15H42O4PSi4/c1-21(2,3)16-13-20(19-24(10,11)12,14-17-22(4,5)6)15-18-23(7,8)9/h13-15H2,1-12H3/q+1. The van der Waals surface area contributed by atoms with Crippen LogP contribution in [0.4, 0.5) is 0 Å². The minimum Gasteiger partial charge on any atom is -0.385 e. The Morgan fingerprint density at radius 3 is 0.875 bits per heavy atom.